The predicted molar refractivity (Wildman–Crippen MR) is 144 cm³/mol. The number of aryl methyl sites for hydroxylation is 1. The maximum Gasteiger partial charge on any atom is 0.257 e. The molecule has 1 atom stereocenters. The van der Waals surface area contributed by atoms with E-state index in [9.17, 15) is 9.59 Å². The molecule has 2 aromatic heterocycles. The predicted octanol–water partition coefficient (Wildman–Crippen LogP) is 4.25. The second kappa shape index (κ2) is 10.8. The zero-order chi connectivity index (χ0) is 26.6. The highest BCUT2D eigenvalue weighted by atomic mass is 19.1. The lowest BCUT2D eigenvalue weighted by molar-refractivity contribution is -0.120. The van der Waals surface area contributed by atoms with E-state index in [2.05, 4.69) is 20.7 Å². The Morgan fingerprint density at radius 1 is 1.08 bits per heavy atom. The number of ketones is 1. The molecule has 0 fully saturated rings. The topological polar surface area (TPSA) is 101 Å². The Morgan fingerprint density at radius 2 is 1.84 bits per heavy atom. The van der Waals surface area contributed by atoms with Crippen LogP contribution in [-0.2, 0) is 17.8 Å². The Morgan fingerprint density at radius 3 is 2.58 bits per heavy atom. The molecule has 2 aromatic carbocycles. The van der Waals surface area contributed by atoms with Crippen molar-refractivity contribution in [3.63, 3.8) is 0 Å². The number of nitrogens with one attached hydrogen (secondary N) is 2. The second-order valence-electron chi connectivity index (χ2n) is 8.83. The van der Waals surface area contributed by atoms with Gasteiger partial charge < -0.3 is 10.6 Å². The molecule has 4 aromatic rings. The van der Waals surface area contributed by atoms with Crippen LogP contribution in [0.4, 0.5) is 10.1 Å². The van der Waals surface area contributed by atoms with Gasteiger partial charge in [-0.05, 0) is 19.4 Å². The molecular weight excluding hydrogens is 483 g/mol. The van der Waals surface area contributed by atoms with Crippen molar-refractivity contribution in [1.82, 2.24) is 20.1 Å². The highest BCUT2D eigenvalue weighted by Gasteiger charge is 2.30. The van der Waals surface area contributed by atoms with E-state index in [0.29, 0.717) is 24.5 Å². The van der Waals surface area contributed by atoms with Crippen molar-refractivity contribution in [3.05, 3.63) is 101 Å². The van der Waals surface area contributed by atoms with E-state index in [-0.39, 0.29) is 29.2 Å². The number of benzene rings is 2. The monoisotopic (exact) mass is 510 g/mol. The summed E-state index contributed by atoms with van der Waals surface area (Å²) >= 11 is 0. The van der Waals surface area contributed by atoms with E-state index in [1.54, 1.807) is 0 Å². The van der Waals surface area contributed by atoms with E-state index in [0.717, 1.165) is 16.7 Å². The van der Waals surface area contributed by atoms with Crippen LogP contribution in [0.1, 0.15) is 40.9 Å². The molecular formula is C29H27FN6O2. The van der Waals surface area contributed by atoms with Gasteiger partial charge in [-0.3, -0.25) is 19.3 Å². The molecule has 192 valence electrons. The molecule has 1 aliphatic rings. The number of carbonyl (C=O) groups is 2. The zero-order valence-corrected chi connectivity index (χ0v) is 21.1. The fourth-order valence-corrected chi connectivity index (χ4v) is 4.56. The number of nitrogens with zero attached hydrogens (tertiary/aromatic N) is 4. The van der Waals surface area contributed by atoms with Crippen LogP contribution < -0.4 is 10.6 Å². The summed E-state index contributed by atoms with van der Waals surface area (Å²) in [7, 11) is 0. The molecule has 0 unspecified atom stereocenters. The molecule has 3 heterocycles. The van der Waals surface area contributed by atoms with Crippen LogP contribution in [0.3, 0.4) is 0 Å². The summed E-state index contributed by atoms with van der Waals surface area (Å²) in [5.41, 5.74) is 4.02. The average molecular weight is 511 g/mol. The summed E-state index contributed by atoms with van der Waals surface area (Å²) in [6, 6.07) is 18.5. The minimum Gasteiger partial charge on any atom is -0.384 e. The minimum absolute atomic E-state index is 0.00391. The number of anilines is 1. The van der Waals surface area contributed by atoms with Gasteiger partial charge in [0.15, 0.2) is 17.8 Å². The molecule has 1 amide bonds. The number of rotatable bonds is 7. The Balaban J connectivity index is 1.52. The first-order valence-corrected chi connectivity index (χ1v) is 12.5. The molecule has 0 saturated carbocycles. The summed E-state index contributed by atoms with van der Waals surface area (Å²) in [5.74, 6) is -1.42. The fraction of sp³-hybridized carbons (Fsp3) is 0.207. The number of fused-ring (bicyclic) bond motifs is 1. The number of aliphatic imine (C=N–C) groups is 1. The molecule has 0 saturated heterocycles. The quantitative estimate of drug-likeness (QED) is 0.387. The second-order valence-corrected chi connectivity index (χ2v) is 8.83. The number of aromatic nitrogens is 3. The van der Waals surface area contributed by atoms with Gasteiger partial charge in [-0.25, -0.2) is 9.37 Å². The zero-order valence-electron chi connectivity index (χ0n) is 21.1. The minimum atomic E-state index is -1.13. The number of amides is 1. The standard InChI is InChI=1S/C29H27FN6O2/c1-3-31-20-15-23(30)26(32-16-20)27-22(17-33-36(27)4-2)29(38)35-28-24(37)14-19-12-8-9-13-21(19)25(34-28)18-10-6-5-7-11-18/h5-13,15-17,28,31H,3-4,14H2,1-2H3,(H,35,38)/t28-/m1/s1. The maximum absolute atomic E-state index is 15.1. The van der Waals surface area contributed by atoms with Gasteiger partial charge in [-0.15, -0.1) is 0 Å². The van der Waals surface area contributed by atoms with E-state index < -0.39 is 17.9 Å². The molecule has 0 spiro atoms. The third-order valence-electron chi connectivity index (χ3n) is 6.35. The lowest BCUT2D eigenvalue weighted by Crippen LogP contribution is -2.40. The molecule has 38 heavy (non-hydrogen) atoms. The number of halogens is 1. The summed E-state index contributed by atoms with van der Waals surface area (Å²) in [6.45, 7) is 4.75. The largest absolute Gasteiger partial charge is 0.384 e. The smallest absolute Gasteiger partial charge is 0.257 e. The van der Waals surface area contributed by atoms with Crippen LogP contribution in [0.25, 0.3) is 11.4 Å². The van der Waals surface area contributed by atoms with Crippen molar-refractivity contribution >= 4 is 23.1 Å². The van der Waals surface area contributed by atoms with Crippen molar-refractivity contribution in [2.24, 2.45) is 4.99 Å². The summed E-state index contributed by atoms with van der Waals surface area (Å²) < 4.78 is 16.6. The van der Waals surface area contributed by atoms with E-state index in [1.165, 1.54) is 23.1 Å². The first-order valence-electron chi connectivity index (χ1n) is 12.5. The maximum atomic E-state index is 15.1. The van der Waals surface area contributed by atoms with Gasteiger partial charge in [0.25, 0.3) is 5.91 Å². The number of hydrogen-bond acceptors (Lipinski definition) is 6. The van der Waals surface area contributed by atoms with E-state index >= 15 is 4.39 Å². The van der Waals surface area contributed by atoms with Crippen LogP contribution in [0.5, 0.6) is 0 Å². The molecule has 5 rings (SSSR count). The third kappa shape index (κ3) is 4.82. The SMILES string of the molecule is CCNc1cnc(-c2c(C(=O)N[C@H]3N=C(c4ccccc4)c4ccccc4CC3=O)cnn2CC)c(F)c1. The van der Waals surface area contributed by atoms with Crippen molar-refractivity contribution in [2.45, 2.75) is 33.0 Å². The summed E-state index contributed by atoms with van der Waals surface area (Å²) in [6.07, 6.45) is 1.87. The highest BCUT2D eigenvalue weighted by molar-refractivity contribution is 6.16. The summed E-state index contributed by atoms with van der Waals surface area (Å²) in [4.78, 5) is 35.8. The molecule has 0 bridgehead atoms. The van der Waals surface area contributed by atoms with Gasteiger partial charge in [0.1, 0.15) is 11.4 Å². The van der Waals surface area contributed by atoms with Crippen LogP contribution in [0, 0.1) is 5.82 Å². The Labute approximate surface area is 219 Å². The molecule has 0 aliphatic carbocycles. The lowest BCUT2D eigenvalue weighted by atomic mass is 9.96. The lowest BCUT2D eigenvalue weighted by Gasteiger charge is -2.15. The van der Waals surface area contributed by atoms with Gasteiger partial charge in [0, 0.05) is 36.7 Å². The highest BCUT2D eigenvalue weighted by Crippen LogP contribution is 2.27. The fourth-order valence-electron chi connectivity index (χ4n) is 4.56. The van der Waals surface area contributed by atoms with Crippen molar-refractivity contribution in [1.29, 1.82) is 0 Å². The van der Waals surface area contributed by atoms with Gasteiger partial charge in [0.05, 0.1) is 29.4 Å². The van der Waals surface area contributed by atoms with Crippen LogP contribution in [0.15, 0.2) is 78.0 Å². The third-order valence-corrected chi connectivity index (χ3v) is 6.35. The molecule has 0 radical (unpaired) electrons. The molecule has 8 nitrogen and oxygen atoms in total. The van der Waals surface area contributed by atoms with Gasteiger partial charge in [-0.1, -0.05) is 54.6 Å². The Hall–Kier alpha value is -4.66. The average Bonchev–Trinajstić information content (AvgIpc) is 3.30. The molecule has 9 heteroatoms. The first-order chi connectivity index (χ1) is 18.5. The van der Waals surface area contributed by atoms with Crippen molar-refractivity contribution < 1.29 is 14.0 Å². The van der Waals surface area contributed by atoms with Gasteiger partial charge in [0.2, 0.25) is 0 Å². The van der Waals surface area contributed by atoms with Crippen LogP contribution in [0.2, 0.25) is 0 Å². The van der Waals surface area contributed by atoms with E-state index in [1.807, 2.05) is 68.4 Å². The van der Waals surface area contributed by atoms with Gasteiger partial charge in [-0.2, -0.15) is 5.10 Å². The number of hydrogen-bond donors (Lipinski definition) is 2. The van der Waals surface area contributed by atoms with Crippen LogP contribution in [-0.4, -0.2) is 44.9 Å². The Bertz CT molecular complexity index is 1530. The normalized spacial score (nSPS) is 14.9. The molecule has 2 N–H and O–H groups in total. The first kappa shape index (κ1) is 25.0. The van der Waals surface area contributed by atoms with Gasteiger partial charge >= 0.3 is 0 Å². The van der Waals surface area contributed by atoms with E-state index in [4.69, 9.17) is 4.99 Å². The number of Topliss-reactive ketones (excluding diaryl/α,β-unsaturated/α-hetero) is 1. The number of pyridine rings is 1. The van der Waals surface area contributed by atoms with Crippen molar-refractivity contribution in [3.8, 4) is 11.4 Å². The molecule has 1 aliphatic heterocycles. The van der Waals surface area contributed by atoms with Crippen molar-refractivity contribution in [2.75, 3.05) is 11.9 Å². The Kier molecular flexibility index (Phi) is 7.08. The number of carbonyl (C=O) groups excluding carboxylic acids is 2. The summed E-state index contributed by atoms with van der Waals surface area (Å²) in [5, 5.41) is 10.1. The van der Waals surface area contributed by atoms with Crippen LogP contribution >= 0.6 is 0 Å².